The molecule has 3 N–H and O–H groups in total. The van der Waals surface area contributed by atoms with E-state index in [4.69, 9.17) is 5.73 Å². The monoisotopic (exact) mass is 280 g/mol. The average molecular weight is 280 g/mol. The number of hydrogen-bond acceptors (Lipinski definition) is 3. The van der Waals surface area contributed by atoms with Gasteiger partial charge in [-0.2, -0.15) is 11.8 Å². The van der Waals surface area contributed by atoms with Crippen LogP contribution in [0.1, 0.15) is 37.3 Å². The fourth-order valence-electron chi connectivity index (χ4n) is 1.93. The fraction of sp³-hybridized carbons (Fsp3) is 0.533. The van der Waals surface area contributed by atoms with E-state index >= 15 is 0 Å². The van der Waals surface area contributed by atoms with Crippen LogP contribution in [0.4, 0.5) is 5.69 Å². The molecule has 1 amide bonds. The highest BCUT2D eigenvalue weighted by Gasteiger charge is 2.16. The SMILES string of the molecule is CSCC[C@@H](N)C(=O)Nc1c(C)cccc1C(C)C. The fourth-order valence-corrected chi connectivity index (χ4v) is 2.42. The molecule has 1 rings (SSSR count). The molecule has 0 saturated carbocycles. The molecule has 0 aromatic heterocycles. The third-order valence-electron chi connectivity index (χ3n) is 3.14. The van der Waals surface area contributed by atoms with Crippen LogP contribution >= 0.6 is 11.8 Å². The largest absolute Gasteiger partial charge is 0.324 e. The zero-order chi connectivity index (χ0) is 14.4. The first kappa shape index (κ1) is 16.1. The second kappa shape index (κ2) is 7.56. The summed E-state index contributed by atoms with van der Waals surface area (Å²) in [4.78, 5) is 12.1. The first-order chi connectivity index (χ1) is 8.97. The van der Waals surface area contributed by atoms with Crippen LogP contribution in [0.5, 0.6) is 0 Å². The molecule has 0 aliphatic rings. The minimum Gasteiger partial charge on any atom is -0.324 e. The van der Waals surface area contributed by atoms with Gasteiger partial charge in [-0.3, -0.25) is 4.79 Å². The molecule has 1 atom stereocenters. The number of para-hydroxylation sites is 1. The predicted molar refractivity (Wildman–Crippen MR) is 84.9 cm³/mol. The zero-order valence-electron chi connectivity index (χ0n) is 12.2. The number of rotatable bonds is 6. The molecule has 106 valence electrons. The molecule has 0 bridgehead atoms. The van der Waals surface area contributed by atoms with Crippen LogP contribution in [0.2, 0.25) is 0 Å². The van der Waals surface area contributed by atoms with Gasteiger partial charge in [0.15, 0.2) is 0 Å². The van der Waals surface area contributed by atoms with Crippen molar-refractivity contribution in [2.75, 3.05) is 17.3 Å². The number of nitrogens with one attached hydrogen (secondary N) is 1. The van der Waals surface area contributed by atoms with Crippen molar-refractivity contribution in [3.8, 4) is 0 Å². The number of nitrogens with two attached hydrogens (primary N) is 1. The van der Waals surface area contributed by atoms with Crippen molar-refractivity contribution in [2.24, 2.45) is 5.73 Å². The molecule has 0 spiro atoms. The number of carbonyl (C=O) groups excluding carboxylic acids is 1. The summed E-state index contributed by atoms with van der Waals surface area (Å²) in [6.07, 6.45) is 2.72. The van der Waals surface area contributed by atoms with Gasteiger partial charge in [0, 0.05) is 5.69 Å². The highest BCUT2D eigenvalue weighted by molar-refractivity contribution is 7.98. The molecule has 0 aliphatic heterocycles. The number of amides is 1. The van der Waals surface area contributed by atoms with Gasteiger partial charge >= 0.3 is 0 Å². The maximum atomic E-state index is 12.1. The summed E-state index contributed by atoms with van der Waals surface area (Å²) in [5.74, 6) is 1.18. The molecule has 0 saturated heterocycles. The van der Waals surface area contributed by atoms with Crippen LogP contribution in [0.15, 0.2) is 18.2 Å². The van der Waals surface area contributed by atoms with Crippen LogP contribution in [0, 0.1) is 6.92 Å². The van der Waals surface area contributed by atoms with E-state index in [1.54, 1.807) is 11.8 Å². The molecule has 0 fully saturated rings. The maximum absolute atomic E-state index is 12.1. The van der Waals surface area contributed by atoms with Crippen LogP contribution in [0.3, 0.4) is 0 Å². The Morgan fingerprint density at radius 2 is 2.11 bits per heavy atom. The van der Waals surface area contributed by atoms with Crippen molar-refractivity contribution < 1.29 is 4.79 Å². The second-order valence-electron chi connectivity index (χ2n) is 5.07. The summed E-state index contributed by atoms with van der Waals surface area (Å²) < 4.78 is 0. The van der Waals surface area contributed by atoms with Gasteiger partial charge in [-0.25, -0.2) is 0 Å². The lowest BCUT2D eigenvalue weighted by Gasteiger charge is -2.18. The number of hydrogen-bond donors (Lipinski definition) is 2. The molecule has 0 radical (unpaired) electrons. The Labute approximate surface area is 120 Å². The Balaban J connectivity index is 2.84. The van der Waals surface area contributed by atoms with E-state index in [9.17, 15) is 4.79 Å². The smallest absolute Gasteiger partial charge is 0.241 e. The van der Waals surface area contributed by atoms with Crippen molar-refractivity contribution in [3.63, 3.8) is 0 Å². The lowest BCUT2D eigenvalue weighted by molar-refractivity contribution is -0.117. The van der Waals surface area contributed by atoms with E-state index in [0.717, 1.165) is 22.6 Å². The normalized spacial score (nSPS) is 12.5. The third kappa shape index (κ3) is 4.55. The van der Waals surface area contributed by atoms with Crippen LogP contribution in [0.25, 0.3) is 0 Å². The number of aryl methyl sites for hydroxylation is 1. The van der Waals surface area contributed by atoms with Crippen LogP contribution < -0.4 is 11.1 Å². The van der Waals surface area contributed by atoms with Crippen molar-refractivity contribution in [1.82, 2.24) is 0 Å². The lowest BCUT2D eigenvalue weighted by atomic mass is 9.98. The molecule has 19 heavy (non-hydrogen) atoms. The number of carbonyl (C=O) groups is 1. The summed E-state index contributed by atoms with van der Waals surface area (Å²) in [5, 5.41) is 3.00. The molecule has 4 heteroatoms. The molecule has 1 aromatic carbocycles. The molecule has 0 heterocycles. The third-order valence-corrected chi connectivity index (χ3v) is 3.79. The number of anilines is 1. The standard InChI is InChI=1S/C15H24N2OS/c1-10(2)12-7-5-6-11(3)14(12)17-15(18)13(16)8-9-19-4/h5-7,10,13H,8-9,16H2,1-4H3,(H,17,18)/t13-/m1/s1. The quantitative estimate of drug-likeness (QED) is 0.841. The van der Waals surface area contributed by atoms with Crippen molar-refractivity contribution in [3.05, 3.63) is 29.3 Å². The highest BCUT2D eigenvalue weighted by atomic mass is 32.2. The molecule has 0 unspecified atom stereocenters. The van der Waals surface area contributed by atoms with Crippen LogP contribution in [-0.4, -0.2) is 24.0 Å². The van der Waals surface area contributed by atoms with Gasteiger partial charge in [-0.15, -0.1) is 0 Å². The molecule has 1 aromatic rings. The molecule has 0 aliphatic carbocycles. The van der Waals surface area contributed by atoms with E-state index in [0.29, 0.717) is 12.3 Å². The Bertz CT molecular complexity index is 432. The summed E-state index contributed by atoms with van der Waals surface area (Å²) in [5.41, 5.74) is 9.06. The van der Waals surface area contributed by atoms with Gasteiger partial charge in [0.25, 0.3) is 0 Å². The van der Waals surface area contributed by atoms with Crippen molar-refractivity contribution in [2.45, 2.75) is 39.2 Å². The summed E-state index contributed by atoms with van der Waals surface area (Å²) >= 11 is 1.70. The predicted octanol–water partition coefficient (Wildman–Crippen LogP) is 3.14. The van der Waals surface area contributed by atoms with Crippen molar-refractivity contribution >= 4 is 23.4 Å². The van der Waals surface area contributed by atoms with E-state index in [-0.39, 0.29) is 5.91 Å². The van der Waals surface area contributed by atoms with E-state index in [1.807, 2.05) is 25.3 Å². The topological polar surface area (TPSA) is 55.1 Å². The lowest BCUT2D eigenvalue weighted by Crippen LogP contribution is -2.36. The first-order valence-corrected chi connectivity index (χ1v) is 8.01. The van der Waals surface area contributed by atoms with E-state index in [1.165, 1.54) is 0 Å². The van der Waals surface area contributed by atoms with Gasteiger partial charge in [-0.1, -0.05) is 32.0 Å². The van der Waals surface area contributed by atoms with Crippen molar-refractivity contribution in [1.29, 1.82) is 0 Å². The van der Waals surface area contributed by atoms with Gasteiger partial charge in [0.2, 0.25) is 5.91 Å². The van der Waals surface area contributed by atoms with Gasteiger partial charge in [-0.05, 0) is 42.4 Å². The minimum absolute atomic E-state index is 0.0924. The zero-order valence-corrected chi connectivity index (χ0v) is 13.0. The molecule has 3 nitrogen and oxygen atoms in total. The Morgan fingerprint density at radius 3 is 2.68 bits per heavy atom. The van der Waals surface area contributed by atoms with E-state index < -0.39 is 6.04 Å². The second-order valence-corrected chi connectivity index (χ2v) is 6.06. The Morgan fingerprint density at radius 1 is 1.42 bits per heavy atom. The average Bonchev–Trinajstić information content (AvgIpc) is 2.37. The summed E-state index contributed by atoms with van der Waals surface area (Å²) in [6, 6.07) is 5.65. The number of thioether (sulfide) groups is 1. The van der Waals surface area contributed by atoms with Crippen LogP contribution in [-0.2, 0) is 4.79 Å². The van der Waals surface area contributed by atoms with Gasteiger partial charge in [0.05, 0.1) is 6.04 Å². The Hall–Kier alpha value is -1.00. The summed E-state index contributed by atoms with van der Waals surface area (Å²) in [7, 11) is 0. The molecular weight excluding hydrogens is 256 g/mol. The van der Waals surface area contributed by atoms with Gasteiger partial charge < -0.3 is 11.1 Å². The Kier molecular flexibility index (Phi) is 6.38. The minimum atomic E-state index is -0.438. The van der Waals surface area contributed by atoms with E-state index in [2.05, 4.69) is 25.2 Å². The first-order valence-electron chi connectivity index (χ1n) is 6.62. The summed E-state index contributed by atoms with van der Waals surface area (Å²) in [6.45, 7) is 6.26. The number of benzene rings is 1. The highest BCUT2D eigenvalue weighted by Crippen LogP contribution is 2.27. The van der Waals surface area contributed by atoms with Gasteiger partial charge in [0.1, 0.15) is 0 Å². The maximum Gasteiger partial charge on any atom is 0.241 e. The molecular formula is C15H24N2OS.